The van der Waals surface area contributed by atoms with Gasteiger partial charge in [-0.25, -0.2) is 9.59 Å². The zero-order chi connectivity index (χ0) is 32.6. The average molecular weight is 662 g/mol. The summed E-state index contributed by atoms with van der Waals surface area (Å²) < 4.78 is 11.1. The number of anilines is 2. The molecule has 2 unspecified atom stereocenters. The van der Waals surface area contributed by atoms with Crippen LogP contribution in [0.3, 0.4) is 0 Å². The number of carbonyl (C=O) groups is 3. The van der Waals surface area contributed by atoms with Crippen LogP contribution in [0.1, 0.15) is 102 Å². The number of aromatic amines is 1. The Kier molecular flexibility index (Phi) is 9.56. The summed E-state index contributed by atoms with van der Waals surface area (Å²) in [4.78, 5) is 41.7. The molecule has 11 heteroatoms. The highest BCUT2D eigenvalue weighted by Crippen LogP contribution is 2.66. The molecule has 4 aliphatic carbocycles. The van der Waals surface area contributed by atoms with Crippen LogP contribution in [0.2, 0.25) is 10.0 Å². The SMILES string of the molecule is CC12CC3CC(C)(C1)CC(NC(=O)CCCOCCOC(=O)c1[nH]c(C(C)(C)C)cc1NC(=O)Nc1cccc(Cl)c1Cl)(C3)C2. The van der Waals surface area contributed by atoms with Gasteiger partial charge in [-0.15, -0.1) is 0 Å². The Labute approximate surface area is 275 Å². The van der Waals surface area contributed by atoms with Crippen LogP contribution in [0.5, 0.6) is 0 Å². The van der Waals surface area contributed by atoms with E-state index in [1.165, 1.54) is 19.3 Å². The van der Waals surface area contributed by atoms with Crippen LogP contribution in [0.25, 0.3) is 0 Å². The molecule has 1 aromatic carbocycles. The zero-order valence-electron chi connectivity index (χ0n) is 27.0. The molecule has 246 valence electrons. The van der Waals surface area contributed by atoms with E-state index < -0.39 is 12.0 Å². The Morgan fingerprint density at radius 3 is 2.31 bits per heavy atom. The highest BCUT2D eigenvalue weighted by Gasteiger charge is 2.60. The summed E-state index contributed by atoms with van der Waals surface area (Å²) in [6.45, 7) is 11.4. The molecule has 1 aromatic heterocycles. The average Bonchev–Trinajstić information content (AvgIpc) is 3.32. The Balaban J connectivity index is 1.06. The summed E-state index contributed by atoms with van der Waals surface area (Å²) in [5.74, 6) is 0.204. The van der Waals surface area contributed by atoms with Crippen molar-refractivity contribution in [3.8, 4) is 0 Å². The number of ether oxygens (including phenoxy) is 2. The van der Waals surface area contributed by atoms with Gasteiger partial charge in [0.05, 0.1) is 28.0 Å². The van der Waals surface area contributed by atoms with Crippen molar-refractivity contribution in [3.05, 3.63) is 45.7 Å². The summed E-state index contributed by atoms with van der Waals surface area (Å²) >= 11 is 12.2. The molecular weight excluding hydrogens is 615 g/mol. The van der Waals surface area contributed by atoms with Crippen LogP contribution in [-0.4, -0.2) is 48.3 Å². The maximum atomic E-state index is 13.0. The number of rotatable bonds is 11. The quantitative estimate of drug-likeness (QED) is 0.143. The monoisotopic (exact) mass is 660 g/mol. The summed E-state index contributed by atoms with van der Waals surface area (Å²) in [6, 6.07) is 6.03. The van der Waals surface area contributed by atoms with Gasteiger partial charge in [0.2, 0.25) is 5.91 Å². The Morgan fingerprint density at radius 1 is 0.956 bits per heavy atom. The highest BCUT2D eigenvalue weighted by molar-refractivity contribution is 6.44. The number of urea groups is 1. The van der Waals surface area contributed by atoms with Crippen LogP contribution in [0.4, 0.5) is 16.2 Å². The zero-order valence-corrected chi connectivity index (χ0v) is 28.5. The van der Waals surface area contributed by atoms with Crippen LogP contribution >= 0.6 is 23.2 Å². The fourth-order valence-corrected chi connectivity index (χ4v) is 8.99. The largest absolute Gasteiger partial charge is 0.459 e. The fourth-order valence-electron chi connectivity index (χ4n) is 8.64. The van der Waals surface area contributed by atoms with Gasteiger partial charge in [0.15, 0.2) is 0 Å². The van der Waals surface area contributed by atoms with E-state index in [9.17, 15) is 14.4 Å². The lowest BCUT2D eigenvalue weighted by Gasteiger charge is -2.65. The number of benzene rings is 1. The van der Waals surface area contributed by atoms with Gasteiger partial charge in [-0.2, -0.15) is 0 Å². The molecule has 9 nitrogen and oxygen atoms in total. The number of carbonyl (C=O) groups excluding carboxylic acids is 3. The molecule has 4 N–H and O–H groups in total. The fraction of sp³-hybridized carbons (Fsp3) is 0.618. The van der Waals surface area contributed by atoms with Gasteiger partial charge in [0.1, 0.15) is 12.3 Å². The molecule has 4 bridgehead atoms. The number of hydrogen-bond donors (Lipinski definition) is 4. The second-order valence-corrected chi connectivity index (χ2v) is 16.0. The van der Waals surface area contributed by atoms with Crippen molar-refractivity contribution in [2.45, 2.75) is 96.9 Å². The van der Waals surface area contributed by atoms with Gasteiger partial charge < -0.3 is 30.4 Å². The molecule has 0 spiro atoms. The molecule has 0 aliphatic heterocycles. The van der Waals surface area contributed by atoms with E-state index in [-0.39, 0.29) is 46.5 Å². The van der Waals surface area contributed by atoms with Crippen molar-refractivity contribution in [3.63, 3.8) is 0 Å². The number of esters is 1. The van der Waals surface area contributed by atoms with Gasteiger partial charge in [0.25, 0.3) is 0 Å². The van der Waals surface area contributed by atoms with Crippen molar-refractivity contribution < 1.29 is 23.9 Å². The number of nitrogens with one attached hydrogen (secondary N) is 4. The van der Waals surface area contributed by atoms with Gasteiger partial charge >= 0.3 is 12.0 Å². The molecule has 0 radical (unpaired) electrons. The molecule has 3 amide bonds. The second-order valence-electron chi connectivity index (χ2n) is 15.2. The minimum Gasteiger partial charge on any atom is -0.459 e. The first-order valence-corrected chi connectivity index (χ1v) is 16.6. The minimum absolute atomic E-state index is 0.0281. The first-order chi connectivity index (χ1) is 21.1. The molecule has 2 aromatic rings. The number of amides is 3. The molecular formula is C34H46Cl2N4O5. The smallest absolute Gasteiger partial charge is 0.357 e. The predicted octanol–water partition coefficient (Wildman–Crippen LogP) is 8.08. The maximum absolute atomic E-state index is 13.0. The molecule has 6 rings (SSSR count). The van der Waals surface area contributed by atoms with Gasteiger partial charge in [0, 0.05) is 29.7 Å². The van der Waals surface area contributed by atoms with E-state index in [2.05, 4.69) is 34.8 Å². The lowest BCUT2D eigenvalue weighted by molar-refractivity contribution is -0.140. The maximum Gasteiger partial charge on any atom is 0.357 e. The summed E-state index contributed by atoms with van der Waals surface area (Å²) in [5, 5.41) is 9.33. The van der Waals surface area contributed by atoms with Crippen molar-refractivity contribution in [1.29, 1.82) is 0 Å². The van der Waals surface area contributed by atoms with Gasteiger partial charge in [-0.3, -0.25) is 4.79 Å². The van der Waals surface area contributed by atoms with Crippen LogP contribution in [0, 0.1) is 16.7 Å². The van der Waals surface area contributed by atoms with Crippen molar-refractivity contribution in [1.82, 2.24) is 10.3 Å². The summed E-state index contributed by atoms with van der Waals surface area (Å²) in [7, 11) is 0. The minimum atomic E-state index is -0.623. The lowest BCUT2D eigenvalue weighted by atomic mass is 9.43. The first kappa shape index (κ1) is 33.6. The Hall–Kier alpha value is -2.75. The predicted molar refractivity (Wildman–Crippen MR) is 177 cm³/mol. The summed E-state index contributed by atoms with van der Waals surface area (Å²) in [5.41, 5.74) is 1.82. The van der Waals surface area contributed by atoms with Crippen LogP contribution < -0.4 is 16.0 Å². The molecule has 0 saturated heterocycles. The molecule has 1 heterocycles. The van der Waals surface area contributed by atoms with Gasteiger partial charge in [-0.05, 0) is 79.9 Å². The van der Waals surface area contributed by atoms with Crippen molar-refractivity contribution in [2.75, 3.05) is 30.5 Å². The molecule has 4 saturated carbocycles. The number of hydrogen-bond acceptors (Lipinski definition) is 5. The molecule has 4 fully saturated rings. The third-order valence-electron chi connectivity index (χ3n) is 9.46. The third-order valence-corrected chi connectivity index (χ3v) is 10.3. The van der Waals surface area contributed by atoms with E-state index in [1.807, 2.05) is 20.8 Å². The Morgan fingerprint density at radius 2 is 1.64 bits per heavy atom. The number of halogens is 2. The van der Waals surface area contributed by atoms with E-state index in [0.29, 0.717) is 41.0 Å². The standard InChI is InChI=1S/C34H46Cl2N4O5/c1-31(2,3)25-14-24(38-30(43)37-23-9-6-8-22(35)27(23)36)28(39-25)29(42)45-13-12-44-11-7-10-26(41)40-34-17-21-15-32(4,19-34)18-33(5,16-21)20-34/h6,8-9,14,21,39H,7,10-13,15-20H2,1-5H3,(H,40,41)(H2,37,38,43). The first-order valence-electron chi connectivity index (χ1n) is 15.9. The van der Waals surface area contributed by atoms with Gasteiger partial charge in [-0.1, -0.05) is 63.9 Å². The molecule has 2 atom stereocenters. The van der Waals surface area contributed by atoms with Crippen LogP contribution in [0.15, 0.2) is 24.3 Å². The topological polar surface area (TPSA) is 122 Å². The number of H-pyrrole nitrogens is 1. The Bertz CT molecular complexity index is 1430. The lowest BCUT2D eigenvalue weighted by Crippen LogP contribution is -2.65. The van der Waals surface area contributed by atoms with Crippen molar-refractivity contribution in [2.24, 2.45) is 16.7 Å². The number of aromatic nitrogens is 1. The molecule has 45 heavy (non-hydrogen) atoms. The van der Waals surface area contributed by atoms with E-state index in [1.54, 1.807) is 24.3 Å². The van der Waals surface area contributed by atoms with E-state index >= 15 is 0 Å². The van der Waals surface area contributed by atoms with Crippen molar-refractivity contribution >= 4 is 52.5 Å². The normalized spacial score (nSPS) is 26.9. The summed E-state index contributed by atoms with van der Waals surface area (Å²) in [6.07, 6.45) is 8.18. The van der Waals surface area contributed by atoms with E-state index in [4.69, 9.17) is 32.7 Å². The highest BCUT2D eigenvalue weighted by atomic mass is 35.5. The van der Waals surface area contributed by atoms with E-state index in [0.717, 1.165) is 30.9 Å². The van der Waals surface area contributed by atoms with Crippen LogP contribution in [-0.2, 0) is 19.7 Å². The second kappa shape index (κ2) is 12.8. The molecule has 4 aliphatic rings. The third kappa shape index (κ3) is 7.98.